The molecule has 2 aromatic carbocycles. The maximum absolute atomic E-state index is 12.8. The van der Waals surface area contributed by atoms with Gasteiger partial charge in [-0.2, -0.15) is 8.78 Å². The first-order valence-electron chi connectivity index (χ1n) is 10.6. The van der Waals surface area contributed by atoms with Crippen molar-refractivity contribution in [3.05, 3.63) is 58.6 Å². The fourth-order valence-corrected chi connectivity index (χ4v) is 3.88. The molecule has 0 saturated heterocycles. The van der Waals surface area contributed by atoms with E-state index in [1.54, 1.807) is 12.1 Å². The van der Waals surface area contributed by atoms with Gasteiger partial charge in [0.15, 0.2) is 11.5 Å². The summed E-state index contributed by atoms with van der Waals surface area (Å²) >= 11 is 6.20. The van der Waals surface area contributed by atoms with Crippen molar-refractivity contribution in [3.63, 3.8) is 0 Å². The van der Waals surface area contributed by atoms with Crippen molar-refractivity contribution < 1.29 is 27.8 Å². The molecule has 9 heteroatoms. The summed E-state index contributed by atoms with van der Waals surface area (Å²) in [4.78, 5) is 25.1. The van der Waals surface area contributed by atoms with E-state index in [0.717, 1.165) is 25.7 Å². The van der Waals surface area contributed by atoms with Gasteiger partial charge in [-0.25, -0.2) is 0 Å². The average Bonchev–Trinajstić information content (AvgIpc) is 2.79. The van der Waals surface area contributed by atoms with Gasteiger partial charge >= 0.3 is 6.61 Å². The first-order chi connectivity index (χ1) is 15.9. The van der Waals surface area contributed by atoms with Crippen LogP contribution in [0, 0.1) is 0 Å². The maximum Gasteiger partial charge on any atom is 0.387 e. The molecule has 0 spiro atoms. The summed E-state index contributed by atoms with van der Waals surface area (Å²) in [5, 5.41) is 5.92. The Balaban J connectivity index is 1.70. The van der Waals surface area contributed by atoms with Gasteiger partial charge in [-0.1, -0.05) is 43.0 Å². The number of benzene rings is 2. The summed E-state index contributed by atoms with van der Waals surface area (Å²) < 4.78 is 35.1. The van der Waals surface area contributed by atoms with E-state index in [-0.39, 0.29) is 39.6 Å². The summed E-state index contributed by atoms with van der Waals surface area (Å²) in [6, 6.07) is 9.31. The van der Waals surface area contributed by atoms with Crippen LogP contribution in [0.15, 0.2) is 42.5 Å². The molecule has 6 nitrogen and oxygen atoms in total. The molecule has 1 aliphatic rings. The molecule has 176 valence electrons. The number of nitrogens with one attached hydrogen (secondary N) is 2. The lowest BCUT2D eigenvalue weighted by Gasteiger charge is -2.23. The Kier molecular flexibility index (Phi) is 8.65. The van der Waals surface area contributed by atoms with E-state index in [1.807, 2.05) is 0 Å². The van der Waals surface area contributed by atoms with Crippen LogP contribution in [0.25, 0.3) is 6.08 Å². The summed E-state index contributed by atoms with van der Waals surface area (Å²) in [5.74, 6) is -0.873. The second kappa shape index (κ2) is 11.7. The Morgan fingerprint density at radius 2 is 1.91 bits per heavy atom. The molecule has 1 fully saturated rings. The molecule has 0 aliphatic heterocycles. The topological polar surface area (TPSA) is 76.7 Å². The third kappa shape index (κ3) is 6.92. The molecule has 0 unspecified atom stereocenters. The summed E-state index contributed by atoms with van der Waals surface area (Å²) in [7, 11) is 1.33. The highest BCUT2D eigenvalue weighted by Crippen LogP contribution is 2.33. The van der Waals surface area contributed by atoms with Crippen LogP contribution in [0.4, 0.5) is 14.5 Å². The first kappa shape index (κ1) is 24.5. The number of rotatable bonds is 8. The second-order valence-corrected chi connectivity index (χ2v) is 7.99. The number of halogens is 3. The van der Waals surface area contributed by atoms with E-state index < -0.39 is 12.5 Å². The molecule has 0 atom stereocenters. The lowest BCUT2D eigenvalue weighted by atomic mass is 9.95. The van der Waals surface area contributed by atoms with Crippen molar-refractivity contribution in [2.75, 3.05) is 12.4 Å². The van der Waals surface area contributed by atoms with Crippen molar-refractivity contribution >= 4 is 35.2 Å². The molecule has 0 radical (unpaired) electrons. The number of para-hydroxylation sites is 1. The number of carbonyl (C=O) groups is 2. The van der Waals surface area contributed by atoms with Gasteiger partial charge in [0.25, 0.3) is 5.91 Å². The van der Waals surface area contributed by atoms with Gasteiger partial charge < -0.3 is 20.1 Å². The number of hydrogen-bond donors (Lipinski definition) is 2. The quantitative estimate of drug-likeness (QED) is 0.480. The van der Waals surface area contributed by atoms with E-state index in [1.165, 1.54) is 49.9 Å². The number of methoxy groups -OCH3 is 1. The van der Waals surface area contributed by atoms with E-state index in [2.05, 4.69) is 15.4 Å². The predicted octanol–water partition coefficient (Wildman–Crippen LogP) is 5.66. The SMILES string of the molecule is COc1cccc(/C=C/C(=O)Nc2ccc(Cl)c(C(=O)NC3CCCCC3)c2)c1OC(F)F. The highest BCUT2D eigenvalue weighted by molar-refractivity contribution is 6.34. The molecule has 1 aliphatic carbocycles. The number of alkyl halides is 2. The van der Waals surface area contributed by atoms with Crippen molar-refractivity contribution in [2.45, 2.75) is 44.8 Å². The van der Waals surface area contributed by atoms with Gasteiger partial charge in [0.05, 0.1) is 17.7 Å². The molecule has 2 N–H and O–H groups in total. The van der Waals surface area contributed by atoms with E-state index in [4.69, 9.17) is 16.3 Å². The Morgan fingerprint density at radius 3 is 2.61 bits per heavy atom. The van der Waals surface area contributed by atoms with Gasteiger partial charge in [-0.05, 0) is 43.2 Å². The lowest BCUT2D eigenvalue weighted by molar-refractivity contribution is -0.111. The standard InChI is InChI=1S/C24H25ClF2N2O4/c1-32-20-9-5-6-15(22(20)33-24(26)27)10-13-21(30)28-17-11-12-19(25)18(14-17)23(31)29-16-7-3-2-4-8-16/h5-6,9-14,16,24H,2-4,7-8H2,1H3,(H,28,30)(H,29,31)/b13-10+. The second-order valence-electron chi connectivity index (χ2n) is 7.58. The molecular formula is C24H25ClF2N2O4. The number of amides is 2. The van der Waals surface area contributed by atoms with Gasteiger partial charge in [-0.15, -0.1) is 0 Å². The largest absolute Gasteiger partial charge is 0.493 e. The van der Waals surface area contributed by atoms with E-state index in [0.29, 0.717) is 5.69 Å². The van der Waals surface area contributed by atoms with Crippen LogP contribution >= 0.6 is 11.6 Å². The Labute approximate surface area is 195 Å². The fourth-order valence-electron chi connectivity index (χ4n) is 3.68. The zero-order valence-electron chi connectivity index (χ0n) is 18.1. The molecule has 3 rings (SSSR count). The summed E-state index contributed by atoms with van der Waals surface area (Å²) in [6.45, 7) is -3.05. The first-order valence-corrected chi connectivity index (χ1v) is 11.0. The van der Waals surface area contributed by atoms with Crippen LogP contribution < -0.4 is 20.1 Å². The molecule has 2 amide bonds. The smallest absolute Gasteiger partial charge is 0.387 e. The monoisotopic (exact) mass is 478 g/mol. The molecule has 2 aromatic rings. The Bertz CT molecular complexity index is 1020. The highest BCUT2D eigenvalue weighted by Gasteiger charge is 2.19. The van der Waals surface area contributed by atoms with Crippen LogP contribution in [-0.4, -0.2) is 31.6 Å². The molecule has 0 heterocycles. The van der Waals surface area contributed by atoms with Gasteiger partial charge in [0.2, 0.25) is 5.91 Å². The van der Waals surface area contributed by atoms with Crippen molar-refractivity contribution in [3.8, 4) is 11.5 Å². The predicted molar refractivity (Wildman–Crippen MR) is 123 cm³/mol. The van der Waals surface area contributed by atoms with Crippen LogP contribution in [-0.2, 0) is 4.79 Å². The van der Waals surface area contributed by atoms with Crippen molar-refractivity contribution in [2.24, 2.45) is 0 Å². The molecular weight excluding hydrogens is 454 g/mol. The summed E-state index contributed by atoms with van der Waals surface area (Å²) in [5.41, 5.74) is 0.885. The zero-order chi connectivity index (χ0) is 23.8. The lowest BCUT2D eigenvalue weighted by Crippen LogP contribution is -2.36. The number of hydrogen-bond acceptors (Lipinski definition) is 4. The third-order valence-corrected chi connectivity index (χ3v) is 5.60. The van der Waals surface area contributed by atoms with Crippen LogP contribution in [0.2, 0.25) is 5.02 Å². The third-order valence-electron chi connectivity index (χ3n) is 5.27. The van der Waals surface area contributed by atoms with Crippen LogP contribution in [0.3, 0.4) is 0 Å². The highest BCUT2D eigenvalue weighted by atomic mass is 35.5. The van der Waals surface area contributed by atoms with Crippen molar-refractivity contribution in [1.82, 2.24) is 5.32 Å². The number of carbonyl (C=O) groups excluding carboxylic acids is 2. The van der Waals surface area contributed by atoms with Gasteiger partial charge in [0.1, 0.15) is 0 Å². The van der Waals surface area contributed by atoms with E-state index >= 15 is 0 Å². The zero-order valence-corrected chi connectivity index (χ0v) is 18.8. The Morgan fingerprint density at radius 1 is 1.15 bits per heavy atom. The van der Waals surface area contributed by atoms with Gasteiger partial charge in [-0.3, -0.25) is 9.59 Å². The average molecular weight is 479 g/mol. The molecule has 33 heavy (non-hydrogen) atoms. The Hall–Kier alpha value is -3.13. The van der Waals surface area contributed by atoms with Crippen molar-refractivity contribution in [1.29, 1.82) is 0 Å². The number of ether oxygens (including phenoxy) is 2. The van der Waals surface area contributed by atoms with Gasteiger partial charge in [0, 0.05) is 23.4 Å². The van der Waals surface area contributed by atoms with Crippen LogP contribution in [0.1, 0.15) is 48.0 Å². The fraction of sp³-hybridized carbons (Fsp3) is 0.333. The molecule has 1 saturated carbocycles. The maximum atomic E-state index is 12.8. The number of anilines is 1. The van der Waals surface area contributed by atoms with E-state index in [9.17, 15) is 18.4 Å². The minimum absolute atomic E-state index is 0.115. The normalized spacial score (nSPS) is 14.3. The molecule has 0 aromatic heterocycles. The minimum Gasteiger partial charge on any atom is -0.493 e. The summed E-state index contributed by atoms with van der Waals surface area (Å²) in [6.07, 6.45) is 7.72. The molecule has 0 bridgehead atoms. The van der Waals surface area contributed by atoms with Crippen LogP contribution in [0.5, 0.6) is 11.5 Å². The minimum atomic E-state index is -3.05.